The van der Waals surface area contributed by atoms with Gasteiger partial charge in [0.05, 0.1) is 4.90 Å². The largest absolute Gasteiger partial charge is 0.306 e. The first-order valence-electron chi connectivity index (χ1n) is 7.64. The zero-order valence-electron chi connectivity index (χ0n) is 12.8. The molecule has 1 unspecified atom stereocenters. The van der Waals surface area contributed by atoms with Gasteiger partial charge in [0.15, 0.2) is 0 Å². The van der Waals surface area contributed by atoms with Crippen molar-refractivity contribution in [2.45, 2.75) is 17.2 Å². The number of nitrogens with zero attached hydrogens (tertiary/aromatic N) is 2. The van der Waals surface area contributed by atoms with Gasteiger partial charge in [-0.3, -0.25) is 0 Å². The molecule has 1 fully saturated rings. The molecule has 1 aliphatic heterocycles. The van der Waals surface area contributed by atoms with Crippen molar-refractivity contribution in [3.8, 4) is 0 Å². The van der Waals surface area contributed by atoms with Gasteiger partial charge in [-0.05, 0) is 61.1 Å². The smallest absolute Gasteiger partial charge is 0.268 e. The SMILES string of the molecule is CN1CCC(c2ccn(S(=O)(=O)c3cccc4sccc34)c2)C1. The van der Waals surface area contributed by atoms with E-state index in [0.717, 1.165) is 35.2 Å². The van der Waals surface area contributed by atoms with E-state index < -0.39 is 10.0 Å². The molecule has 6 heteroatoms. The third kappa shape index (κ3) is 2.51. The number of thiophene rings is 1. The van der Waals surface area contributed by atoms with Crippen LogP contribution in [0.15, 0.2) is 53.0 Å². The molecule has 1 atom stereocenters. The van der Waals surface area contributed by atoms with Crippen molar-refractivity contribution in [1.29, 1.82) is 0 Å². The van der Waals surface area contributed by atoms with Gasteiger partial charge in [0.2, 0.25) is 0 Å². The van der Waals surface area contributed by atoms with E-state index in [4.69, 9.17) is 0 Å². The van der Waals surface area contributed by atoms with Crippen molar-refractivity contribution in [1.82, 2.24) is 8.87 Å². The first-order chi connectivity index (χ1) is 11.1. The van der Waals surface area contributed by atoms with Crippen molar-refractivity contribution in [2.75, 3.05) is 20.1 Å². The van der Waals surface area contributed by atoms with Crippen LogP contribution in [0, 0.1) is 0 Å². The zero-order valence-corrected chi connectivity index (χ0v) is 14.5. The molecule has 4 rings (SSSR count). The maximum atomic E-state index is 13.0. The molecule has 23 heavy (non-hydrogen) atoms. The minimum absolute atomic E-state index is 0.377. The second kappa shape index (κ2) is 5.47. The fourth-order valence-corrected chi connectivity index (χ4v) is 5.59. The topological polar surface area (TPSA) is 42.3 Å². The Labute approximate surface area is 140 Å². The van der Waals surface area contributed by atoms with Crippen LogP contribution in [-0.2, 0) is 10.0 Å². The molecule has 1 saturated heterocycles. The predicted octanol–water partition coefficient (Wildman–Crippen LogP) is 3.36. The Hall–Kier alpha value is -1.63. The lowest BCUT2D eigenvalue weighted by Crippen LogP contribution is -2.13. The Morgan fingerprint density at radius 1 is 1.22 bits per heavy atom. The summed E-state index contributed by atoms with van der Waals surface area (Å²) >= 11 is 1.56. The summed E-state index contributed by atoms with van der Waals surface area (Å²) in [6, 6.07) is 9.27. The minimum Gasteiger partial charge on any atom is -0.306 e. The highest BCUT2D eigenvalue weighted by molar-refractivity contribution is 7.90. The number of hydrogen-bond donors (Lipinski definition) is 0. The van der Waals surface area contributed by atoms with Crippen molar-refractivity contribution >= 4 is 31.4 Å². The molecule has 0 saturated carbocycles. The van der Waals surface area contributed by atoms with E-state index in [1.807, 2.05) is 29.6 Å². The third-order valence-corrected chi connectivity index (χ3v) is 7.14. The number of rotatable bonds is 3. The summed E-state index contributed by atoms with van der Waals surface area (Å²) in [5.41, 5.74) is 1.11. The van der Waals surface area contributed by atoms with Crippen LogP contribution in [0.2, 0.25) is 0 Å². The highest BCUT2D eigenvalue weighted by Crippen LogP contribution is 2.31. The van der Waals surface area contributed by atoms with E-state index in [9.17, 15) is 8.42 Å². The molecule has 2 aromatic heterocycles. The van der Waals surface area contributed by atoms with Gasteiger partial charge in [0, 0.05) is 29.0 Å². The summed E-state index contributed by atoms with van der Waals surface area (Å²) in [4.78, 5) is 2.66. The summed E-state index contributed by atoms with van der Waals surface area (Å²) in [6.45, 7) is 2.06. The lowest BCUT2D eigenvalue weighted by atomic mass is 10.0. The number of benzene rings is 1. The van der Waals surface area contributed by atoms with Gasteiger partial charge in [-0.1, -0.05) is 6.07 Å². The van der Waals surface area contributed by atoms with Crippen LogP contribution < -0.4 is 0 Å². The van der Waals surface area contributed by atoms with Gasteiger partial charge in [0.25, 0.3) is 10.0 Å². The van der Waals surface area contributed by atoms with E-state index in [2.05, 4.69) is 11.9 Å². The maximum absolute atomic E-state index is 13.0. The first kappa shape index (κ1) is 14.9. The van der Waals surface area contributed by atoms with Crippen molar-refractivity contribution in [3.05, 3.63) is 53.7 Å². The van der Waals surface area contributed by atoms with Crippen LogP contribution in [0.25, 0.3) is 10.1 Å². The van der Waals surface area contributed by atoms with Gasteiger partial charge in [-0.25, -0.2) is 12.4 Å². The third-order valence-electron chi connectivity index (χ3n) is 4.56. The summed E-state index contributed by atoms with van der Waals surface area (Å²) in [5.74, 6) is 0.424. The summed E-state index contributed by atoms with van der Waals surface area (Å²) in [5, 5.41) is 2.73. The van der Waals surface area contributed by atoms with Crippen molar-refractivity contribution in [3.63, 3.8) is 0 Å². The Balaban J connectivity index is 1.75. The molecule has 1 aliphatic rings. The maximum Gasteiger partial charge on any atom is 0.268 e. The summed E-state index contributed by atoms with van der Waals surface area (Å²) in [6.07, 6.45) is 4.54. The zero-order chi connectivity index (χ0) is 16.0. The van der Waals surface area contributed by atoms with E-state index >= 15 is 0 Å². The quantitative estimate of drug-likeness (QED) is 0.730. The van der Waals surface area contributed by atoms with Crippen LogP contribution in [0.3, 0.4) is 0 Å². The number of likely N-dealkylation sites (tertiary alicyclic amines) is 1. The van der Waals surface area contributed by atoms with E-state index in [0.29, 0.717) is 10.8 Å². The monoisotopic (exact) mass is 346 g/mol. The van der Waals surface area contributed by atoms with Crippen LogP contribution in [0.1, 0.15) is 17.9 Å². The van der Waals surface area contributed by atoms with Gasteiger partial charge >= 0.3 is 0 Å². The fourth-order valence-electron chi connectivity index (χ4n) is 3.30. The highest BCUT2D eigenvalue weighted by Gasteiger charge is 2.25. The van der Waals surface area contributed by atoms with Gasteiger partial charge < -0.3 is 4.90 Å². The van der Waals surface area contributed by atoms with Crippen LogP contribution in [-0.4, -0.2) is 37.4 Å². The van der Waals surface area contributed by atoms with Gasteiger partial charge in [-0.2, -0.15) is 0 Å². The molecule has 0 aliphatic carbocycles. The average Bonchev–Trinajstić information content (AvgIpc) is 3.26. The molecule has 0 N–H and O–H groups in total. The van der Waals surface area contributed by atoms with Crippen LogP contribution in [0.5, 0.6) is 0 Å². The minimum atomic E-state index is -3.55. The van der Waals surface area contributed by atoms with Crippen molar-refractivity contribution in [2.24, 2.45) is 0 Å². The second-order valence-electron chi connectivity index (χ2n) is 6.12. The molecular weight excluding hydrogens is 328 g/mol. The molecule has 0 bridgehead atoms. The highest BCUT2D eigenvalue weighted by atomic mass is 32.2. The molecular formula is C17H18N2O2S2. The Morgan fingerprint density at radius 3 is 2.87 bits per heavy atom. The Kier molecular flexibility index (Phi) is 3.55. The van der Waals surface area contributed by atoms with Gasteiger partial charge in [0.1, 0.15) is 0 Å². The second-order valence-corrected chi connectivity index (χ2v) is 8.88. The average molecular weight is 346 g/mol. The summed E-state index contributed by atoms with van der Waals surface area (Å²) in [7, 11) is -1.45. The number of hydrogen-bond acceptors (Lipinski definition) is 4. The predicted molar refractivity (Wildman–Crippen MR) is 93.7 cm³/mol. The molecule has 4 nitrogen and oxygen atoms in total. The normalized spacial score (nSPS) is 19.6. The fraction of sp³-hybridized carbons (Fsp3) is 0.294. The number of likely N-dealkylation sites (N-methyl/N-ethyl adjacent to an activating group) is 1. The van der Waals surface area contributed by atoms with Crippen LogP contribution >= 0.6 is 11.3 Å². The molecule has 120 valence electrons. The number of aromatic nitrogens is 1. The lowest BCUT2D eigenvalue weighted by molar-refractivity contribution is 0.411. The molecule has 3 heterocycles. The van der Waals surface area contributed by atoms with E-state index in [-0.39, 0.29) is 0 Å². The Bertz CT molecular complexity index is 956. The van der Waals surface area contributed by atoms with E-state index in [1.165, 1.54) is 3.97 Å². The molecule has 0 spiro atoms. The van der Waals surface area contributed by atoms with Crippen molar-refractivity contribution < 1.29 is 8.42 Å². The molecule has 3 aromatic rings. The first-order valence-corrected chi connectivity index (χ1v) is 9.96. The van der Waals surface area contributed by atoms with Gasteiger partial charge in [-0.15, -0.1) is 11.3 Å². The Morgan fingerprint density at radius 2 is 2.09 bits per heavy atom. The lowest BCUT2D eigenvalue weighted by Gasteiger charge is -2.09. The molecule has 0 radical (unpaired) electrons. The standard InChI is InChI=1S/C17H18N2O2S2/c1-18-8-5-13(11-18)14-6-9-19(12-14)23(20,21)17-4-2-3-16-15(17)7-10-22-16/h2-4,6-7,9-10,12-13H,5,8,11H2,1H3. The molecule has 1 aromatic carbocycles. The number of fused-ring (bicyclic) bond motifs is 1. The van der Waals surface area contributed by atoms with E-state index in [1.54, 1.807) is 29.8 Å². The molecule has 0 amide bonds. The summed E-state index contributed by atoms with van der Waals surface area (Å²) < 4.78 is 28.4. The van der Waals surface area contributed by atoms with Crippen LogP contribution in [0.4, 0.5) is 0 Å².